The zero-order chi connectivity index (χ0) is 18.1. The summed E-state index contributed by atoms with van der Waals surface area (Å²) in [7, 11) is 1.85. The van der Waals surface area contributed by atoms with Gasteiger partial charge in [0.15, 0.2) is 0 Å². The van der Waals surface area contributed by atoms with E-state index >= 15 is 0 Å². The molecule has 3 aromatic rings. The lowest BCUT2D eigenvalue weighted by molar-refractivity contribution is -0.126. The number of aromatic nitrogens is 1. The molecule has 1 aliphatic heterocycles. The second-order valence-electron chi connectivity index (χ2n) is 7.04. The van der Waals surface area contributed by atoms with Crippen LogP contribution in [0.15, 0.2) is 54.9 Å². The molecule has 0 saturated carbocycles. The third-order valence-electron chi connectivity index (χ3n) is 5.07. The predicted octanol–water partition coefficient (Wildman–Crippen LogP) is 4.07. The number of ether oxygens (including phenoxy) is 1. The number of rotatable bonds is 4. The quantitative estimate of drug-likeness (QED) is 0.715. The fourth-order valence-electron chi connectivity index (χ4n) is 3.62. The molecule has 0 spiro atoms. The minimum absolute atomic E-state index is 0.198. The second-order valence-corrected chi connectivity index (χ2v) is 7.04. The minimum Gasteiger partial charge on any atom is -0.493 e. The van der Waals surface area contributed by atoms with E-state index in [9.17, 15) is 4.79 Å². The molecule has 2 aromatic carbocycles. The number of amides is 1. The summed E-state index contributed by atoms with van der Waals surface area (Å²) >= 11 is 0. The van der Waals surface area contributed by atoms with Gasteiger partial charge in [-0.2, -0.15) is 0 Å². The summed E-state index contributed by atoms with van der Waals surface area (Å²) < 4.78 is 6.10. The fourth-order valence-corrected chi connectivity index (χ4v) is 3.62. The standard InChI is InChI=1S/C22H22N2O2/c1-15-7-8-23-12-21(15)20-11-18(10-17-5-3-4-6-19(17)20)26-14-16-9-22(25)24(2)13-16/h3-8,10-12,16H,9,13-14H2,1-2H3. The molecule has 0 N–H and O–H groups in total. The minimum atomic E-state index is 0.198. The van der Waals surface area contributed by atoms with Gasteiger partial charge in [-0.3, -0.25) is 9.78 Å². The van der Waals surface area contributed by atoms with Crippen molar-refractivity contribution in [3.8, 4) is 16.9 Å². The van der Waals surface area contributed by atoms with Crippen molar-refractivity contribution in [3.63, 3.8) is 0 Å². The molecule has 1 unspecified atom stereocenters. The molecule has 4 rings (SSSR count). The van der Waals surface area contributed by atoms with Gasteiger partial charge < -0.3 is 9.64 Å². The molecule has 1 atom stereocenters. The topological polar surface area (TPSA) is 42.4 Å². The van der Waals surface area contributed by atoms with Crippen molar-refractivity contribution in [1.82, 2.24) is 9.88 Å². The lowest BCUT2D eigenvalue weighted by Gasteiger charge is -2.15. The zero-order valence-electron chi connectivity index (χ0n) is 15.1. The van der Waals surface area contributed by atoms with Crippen LogP contribution >= 0.6 is 0 Å². The van der Waals surface area contributed by atoms with E-state index in [4.69, 9.17) is 4.74 Å². The number of likely N-dealkylation sites (tertiary alicyclic amines) is 1. The Kier molecular flexibility index (Phi) is 4.33. The molecule has 26 heavy (non-hydrogen) atoms. The summed E-state index contributed by atoms with van der Waals surface area (Å²) in [6.07, 6.45) is 4.29. The fraction of sp³-hybridized carbons (Fsp3) is 0.273. The van der Waals surface area contributed by atoms with Crippen molar-refractivity contribution >= 4 is 16.7 Å². The van der Waals surface area contributed by atoms with E-state index in [-0.39, 0.29) is 11.8 Å². The summed E-state index contributed by atoms with van der Waals surface area (Å²) in [6.45, 7) is 3.42. The van der Waals surface area contributed by atoms with Crippen molar-refractivity contribution < 1.29 is 9.53 Å². The van der Waals surface area contributed by atoms with Crippen LogP contribution in [0.5, 0.6) is 5.75 Å². The first kappa shape index (κ1) is 16.6. The predicted molar refractivity (Wildman–Crippen MR) is 103 cm³/mol. The molecule has 4 nitrogen and oxygen atoms in total. The summed E-state index contributed by atoms with van der Waals surface area (Å²) in [5.41, 5.74) is 3.43. The van der Waals surface area contributed by atoms with Crippen molar-refractivity contribution in [2.24, 2.45) is 5.92 Å². The monoisotopic (exact) mass is 346 g/mol. The van der Waals surface area contributed by atoms with Crippen LogP contribution in [0.4, 0.5) is 0 Å². The Morgan fingerprint density at radius 1 is 1.19 bits per heavy atom. The Labute approximate surface area is 153 Å². The Bertz CT molecular complexity index is 967. The highest BCUT2D eigenvalue weighted by atomic mass is 16.5. The van der Waals surface area contributed by atoms with E-state index in [0.29, 0.717) is 13.0 Å². The van der Waals surface area contributed by atoms with Gasteiger partial charge in [0.1, 0.15) is 5.75 Å². The number of pyridine rings is 1. The van der Waals surface area contributed by atoms with Crippen LogP contribution in [0.25, 0.3) is 21.9 Å². The number of fused-ring (bicyclic) bond motifs is 1. The number of carbonyl (C=O) groups excluding carboxylic acids is 1. The summed E-state index contributed by atoms with van der Waals surface area (Å²) in [5, 5.41) is 2.33. The molecule has 1 fully saturated rings. The van der Waals surface area contributed by atoms with Crippen LogP contribution in [0, 0.1) is 12.8 Å². The molecule has 0 aliphatic carbocycles. The van der Waals surface area contributed by atoms with Crippen molar-refractivity contribution in [3.05, 3.63) is 60.4 Å². The maximum Gasteiger partial charge on any atom is 0.222 e. The van der Waals surface area contributed by atoms with Crippen molar-refractivity contribution in [2.45, 2.75) is 13.3 Å². The van der Waals surface area contributed by atoms with Crippen LogP contribution in [-0.2, 0) is 4.79 Å². The van der Waals surface area contributed by atoms with Gasteiger partial charge in [-0.1, -0.05) is 24.3 Å². The number of benzene rings is 2. The van der Waals surface area contributed by atoms with Crippen LogP contribution < -0.4 is 4.74 Å². The average molecular weight is 346 g/mol. The smallest absolute Gasteiger partial charge is 0.222 e. The highest BCUT2D eigenvalue weighted by Gasteiger charge is 2.27. The Balaban J connectivity index is 1.68. The first-order chi connectivity index (χ1) is 12.6. The van der Waals surface area contributed by atoms with E-state index in [1.807, 2.05) is 31.6 Å². The number of aryl methyl sites for hydroxylation is 1. The SMILES string of the molecule is Cc1ccncc1-c1cc(OCC2CC(=O)N(C)C2)cc2ccccc12. The Morgan fingerprint density at radius 2 is 2.04 bits per heavy atom. The maximum atomic E-state index is 11.7. The van der Waals surface area contributed by atoms with E-state index in [0.717, 1.165) is 28.8 Å². The Morgan fingerprint density at radius 3 is 2.81 bits per heavy atom. The van der Waals surface area contributed by atoms with Gasteiger partial charge in [0.2, 0.25) is 5.91 Å². The molecule has 2 heterocycles. The summed E-state index contributed by atoms with van der Waals surface area (Å²) in [6, 6.07) is 14.5. The molecule has 4 heteroatoms. The van der Waals surface area contributed by atoms with Gasteiger partial charge in [0.25, 0.3) is 0 Å². The number of carbonyl (C=O) groups is 1. The van der Waals surface area contributed by atoms with Crippen molar-refractivity contribution in [2.75, 3.05) is 20.2 Å². The second kappa shape index (κ2) is 6.79. The average Bonchev–Trinajstić information content (AvgIpc) is 2.97. The van der Waals surface area contributed by atoms with E-state index in [2.05, 4.69) is 42.2 Å². The molecule has 0 bridgehead atoms. The van der Waals surface area contributed by atoms with Gasteiger partial charge in [0.05, 0.1) is 6.61 Å². The van der Waals surface area contributed by atoms with Crippen LogP contribution in [0.3, 0.4) is 0 Å². The van der Waals surface area contributed by atoms with E-state index < -0.39 is 0 Å². The largest absolute Gasteiger partial charge is 0.493 e. The summed E-state index contributed by atoms with van der Waals surface area (Å²) in [4.78, 5) is 17.8. The number of hydrogen-bond donors (Lipinski definition) is 0. The highest BCUT2D eigenvalue weighted by molar-refractivity contribution is 5.98. The molecule has 0 radical (unpaired) electrons. The number of nitrogens with zero attached hydrogens (tertiary/aromatic N) is 2. The first-order valence-corrected chi connectivity index (χ1v) is 8.92. The van der Waals surface area contributed by atoms with Gasteiger partial charge in [0, 0.05) is 43.9 Å². The highest BCUT2D eigenvalue weighted by Crippen LogP contribution is 2.34. The number of hydrogen-bond acceptors (Lipinski definition) is 3. The van der Waals surface area contributed by atoms with Crippen LogP contribution in [0.1, 0.15) is 12.0 Å². The van der Waals surface area contributed by atoms with Crippen LogP contribution in [0.2, 0.25) is 0 Å². The van der Waals surface area contributed by atoms with Crippen molar-refractivity contribution in [1.29, 1.82) is 0 Å². The molecule has 1 aromatic heterocycles. The van der Waals surface area contributed by atoms with Gasteiger partial charge in [-0.05, 0) is 47.0 Å². The third kappa shape index (κ3) is 3.15. The maximum absolute atomic E-state index is 11.7. The van der Waals surface area contributed by atoms with Crippen LogP contribution in [-0.4, -0.2) is 36.0 Å². The van der Waals surface area contributed by atoms with Gasteiger partial charge >= 0.3 is 0 Å². The lowest BCUT2D eigenvalue weighted by Crippen LogP contribution is -2.20. The van der Waals surface area contributed by atoms with E-state index in [1.54, 1.807) is 4.90 Å². The Hall–Kier alpha value is -2.88. The third-order valence-corrected chi connectivity index (χ3v) is 5.07. The molecule has 1 aliphatic rings. The van der Waals surface area contributed by atoms with Gasteiger partial charge in [-0.25, -0.2) is 0 Å². The normalized spacial score (nSPS) is 17.1. The molecular formula is C22H22N2O2. The zero-order valence-corrected chi connectivity index (χ0v) is 15.1. The molecular weight excluding hydrogens is 324 g/mol. The summed E-state index contributed by atoms with van der Waals surface area (Å²) in [5.74, 6) is 1.29. The van der Waals surface area contributed by atoms with Gasteiger partial charge in [-0.15, -0.1) is 0 Å². The lowest BCUT2D eigenvalue weighted by atomic mass is 9.96. The molecule has 1 saturated heterocycles. The molecule has 1 amide bonds. The van der Waals surface area contributed by atoms with E-state index in [1.165, 1.54) is 10.9 Å². The first-order valence-electron chi connectivity index (χ1n) is 8.92. The molecule has 132 valence electrons.